The summed E-state index contributed by atoms with van der Waals surface area (Å²) >= 11 is 3.44. The maximum absolute atomic E-state index is 12.6. The van der Waals surface area contributed by atoms with Crippen molar-refractivity contribution in [3.8, 4) is 0 Å². The molecule has 0 unspecified atom stereocenters. The summed E-state index contributed by atoms with van der Waals surface area (Å²) in [5.74, 6) is -0.195. The Kier molecular flexibility index (Phi) is 5.63. The number of nitrogens with zero attached hydrogens (tertiary/aromatic N) is 1. The van der Waals surface area contributed by atoms with Crippen LogP contribution in [0.2, 0.25) is 0 Å². The van der Waals surface area contributed by atoms with Gasteiger partial charge >= 0.3 is 6.09 Å². The molecule has 1 aromatic carbocycles. The predicted molar refractivity (Wildman–Crippen MR) is 98.5 cm³/mol. The van der Waals surface area contributed by atoms with Crippen LogP contribution >= 0.6 is 15.9 Å². The number of hydrogen-bond acceptors (Lipinski definition) is 4. The lowest BCUT2D eigenvalue weighted by atomic mass is 10.2. The molecule has 1 atom stereocenters. The molecule has 1 aromatic heterocycles. The van der Waals surface area contributed by atoms with Crippen LogP contribution in [0.1, 0.15) is 32.6 Å². The predicted octanol–water partition coefficient (Wildman–Crippen LogP) is 4.53. The van der Waals surface area contributed by atoms with Gasteiger partial charge in [0.2, 0.25) is 5.91 Å². The van der Waals surface area contributed by atoms with Gasteiger partial charge in [0.05, 0.1) is 17.3 Å². The van der Waals surface area contributed by atoms with Crippen molar-refractivity contribution in [3.05, 3.63) is 28.9 Å². The number of benzene rings is 1. The average Bonchev–Trinajstić information content (AvgIpc) is 3.24. The lowest BCUT2D eigenvalue weighted by molar-refractivity contribution is -0.120. The Labute approximate surface area is 154 Å². The number of anilines is 1. The number of hydrogen-bond donors (Lipinski definition) is 1. The van der Waals surface area contributed by atoms with Crippen molar-refractivity contribution in [3.63, 3.8) is 0 Å². The van der Waals surface area contributed by atoms with Gasteiger partial charge in [-0.2, -0.15) is 0 Å². The van der Waals surface area contributed by atoms with Gasteiger partial charge < -0.3 is 14.5 Å². The van der Waals surface area contributed by atoms with Crippen molar-refractivity contribution >= 4 is 44.6 Å². The summed E-state index contributed by atoms with van der Waals surface area (Å²) in [5.41, 5.74) is 1.40. The largest absolute Gasteiger partial charge is 0.463 e. The van der Waals surface area contributed by atoms with Crippen LogP contribution in [-0.2, 0) is 9.53 Å². The van der Waals surface area contributed by atoms with Crippen molar-refractivity contribution in [2.24, 2.45) is 0 Å². The summed E-state index contributed by atoms with van der Waals surface area (Å²) < 4.78 is 11.4. The molecular weight excluding hydrogens is 388 g/mol. The Hall–Kier alpha value is -2.02. The van der Waals surface area contributed by atoms with Gasteiger partial charge in [0.25, 0.3) is 0 Å². The third-order valence-electron chi connectivity index (χ3n) is 4.29. The van der Waals surface area contributed by atoms with E-state index in [0.29, 0.717) is 25.3 Å². The summed E-state index contributed by atoms with van der Waals surface area (Å²) in [4.78, 5) is 26.4. The first kappa shape index (κ1) is 17.8. The van der Waals surface area contributed by atoms with E-state index in [1.54, 1.807) is 12.3 Å². The van der Waals surface area contributed by atoms with E-state index in [4.69, 9.17) is 9.15 Å². The van der Waals surface area contributed by atoms with E-state index in [0.717, 1.165) is 34.7 Å². The third kappa shape index (κ3) is 3.98. The zero-order valence-corrected chi connectivity index (χ0v) is 15.7. The molecule has 134 valence electrons. The number of fused-ring (bicyclic) bond motifs is 1. The number of halogens is 1. The fraction of sp³-hybridized carbons (Fsp3) is 0.444. The first-order chi connectivity index (χ1) is 12.1. The molecule has 0 radical (unpaired) electrons. The summed E-state index contributed by atoms with van der Waals surface area (Å²) in [6, 6.07) is 4.99. The van der Waals surface area contributed by atoms with Gasteiger partial charge in [0.1, 0.15) is 11.6 Å². The first-order valence-electron chi connectivity index (χ1n) is 8.51. The van der Waals surface area contributed by atoms with Crippen LogP contribution in [0, 0.1) is 0 Å². The highest BCUT2D eigenvalue weighted by molar-refractivity contribution is 9.10. The zero-order valence-electron chi connectivity index (χ0n) is 14.1. The van der Waals surface area contributed by atoms with E-state index in [1.165, 1.54) is 4.90 Å². The zero-order chi connectivity index (χ0) is 17.8. The van der Waals surface area contributed by atoms with Crippen LogP contribution in [0.25, 0.3) is 11.0 Å². The van der Waals surface area contributed by atoms with Gasteiger partial charge in [-0.3, -0.25) is 9.69 Å². The molecule has 0 aliphatic carbocycles. The van der Waals surface area contributed by atoms with Gasteiger partial charge in [-0.25, -0.2) is 4.79 Å². The quantitative estimate of drug-likeness (QED) is 0.737. The van der Waals surface area contributed by atoms with Crippen LogP contribution in [0.15, 0.2) is 33.4 Å². The number of rotatable bonds is 5. The number of amides is 2. The fourth-order valence-electron chi connectivity index (χ4n) is 2.98. The minimum Gasteiger partial charge on any atom is -0.463 e. The van der Waals surface area contributed by atoms with Crippen LogP contribution in [0.3, 0.4) is 0 Å². The van der Waals surface area contributed by atoms with Crippen molar-refractivity contribution in [2.75, 3.05) is 18.5 Å². The van der Waals surface area contributed by atoms with Gasteiger partial charge in [0, 0.05) is 17.6 Å². The molecular formula is C18H21BrN2O4. The molecule has 1 fully saturated rings. The molecule has 25 heavy (non-hydrogen) atoms. The Morgan fingerprint density at radius 2 is 2.28 bits per heavy atom. The van der Waals surface area contributed by atoms with E-state index < -0.39 is 12.1 Å². The second-order valence-electron chi connectivity index (χ2n) is 6.11. The maximum Gasteiger partial charge on any atom is 0.410 e. The monoisotopic (exact) mass is 408 g/mol. The minimum absolute atomic E-state index is 0.195. The second-order valence-corrected chi connectivity index (χ2v) is 6.96. The fourth-order valence-corrected chi connectivity index (χ4v) is 3.55. The SMILES string of the molecule is CCCCOC(=O)N1CCC[C@H]1C(=O)Nc1cc(Br)c2occc2c1. The van der Waals surface area contributed by atoms with Gasteiger partial charge in [-0.1, -0.05) is 13.3 Å². The van der Waals surface area contributed by atoms with Crippen LogP contribution < -0.4 is 5.32 Å². The molecule has 1 saturated heterocycles. The maximum atomic E-state index is 12.6. The van der Waals surface area contributed by atoms with E-state index in [9.17, 15) is 9.59 Å². The smallest absolute Gasteiger partial charge is 0.410 e. The number of furan rings is 1. The molecule has 0 bridgehead atoms. The third-order valence-corrected chi connectivity index (χ3v) is 4.88. The van der Waals surface area contributed by atoms with Crippen molar-refractivity contribution in [2.45, 2.75) is 38.6 Å². The highest BCUT2D eigenvalue weighted by Crippen LogP contribution is 2.29. The molecule has 6 nitrogen and oxygen atoms in total. The van der Waals surface area contributed by atoms with Crippen LogP contribution in [-0.4, -0.2) is 36.1 Å². The summed E-state index contributed by atoms with van der Waals surface area (Å²) in [7, 11) is 0. The molecule has 2 aromatic rings. The van der Waals surface area contributed by atoms with E-state index in [1.807, 2.05) is 19.1 Å². The summed E-state index contributed by atoms with van der Waals surface area (Å²) in [5, 5.41) is 3.79. The number of likely N-dealkylation sites (tertiary alicyclic amines) is 1. The van der Waals surface area contributed by atoms with Gasteiger partial charge in [-0.15, -0.1) is 0 Å². The number of carbonyl (C=O) groups excluding carboxylic acids is 2. The van der Waals surface area contributed by atoms with E-state index in [2.05, 4.69) is 21.2 Å². The number of carbonyl (C=O) groups is 2. The normalized spacial score (nSPS) is 17.0. The van der Waals surface area contributed by atoms with E-state index >= 15 is 0 Å². The topological polar surface area (TPSA) is 71.8 Å². The van der Waals surface area contributed by atoms with Gasteiger partial charge in [-0.05, 0) is 53.4 Å². The molecule has 2 amide bonds. The number of ether oxygens (including phenoxy) is 1. The lowest BCUT2D eigenvalue weighted by Crippen LogP contribution is -2.43. The molecule has 0 spiro atoms. The highest BCUT2D eigenvalue weighted by atomic mass is 79.9. The Morgan fingerprint density at radius 3 is 3.08 bits per heavy atom. The Balaban J connectivity index is 1.67. The molecule has 3 rings (SSSR count). The number of nitrogens with one attached hydrogen (secondary N) is 1. The Bertz CT molecular complexity index is 774. The second kappa shape index (κ2) is 7.91. The van der Waals surface area contributed by atoms with Crippen molar-refractivity contribution in [1.29, 1.82) is 0 Å². The molecule has 1 aliphatic rings. The number of unbranched alkanes of at least 4 members (excludes halogenated alkanes) is 1. The summed E-state index contributed by atoms with van der Waals surface area (Å²) in [6.07, 6.45) is 4.43. The van der Waals surface area contributed by atoms with Gasteiger partial charge in [0.15, 0.2) is 0 Å². The molecule has 1 aliphatic heterocycles. The van der Waals surface area contributed by atoms with E-state index in [-0.39, 0.29) is 5.91 Å². The average molecular weight is 409 g/mol. The summed E-state index contributed by atoms with van der Waals surface area (Å²) in [6.45, 7) is 2.98. The lowest BCUT2D eigenvalue weighted by Gasteiger charge is -2.23. The van der Waals surface area contributed by atoms with Crippen molar-refractivity contribution < 1.29 is 18.7 Å². The van der Waals surface area contributed by atoms with Crippen LogP contribution in [0.4, 0.5) is 10.5 Å². The van der Waals surface area contributed by atoms with Crippen molar-refractivity contribution in [1.82, 2.24) is 4.90 Å². The Morgan fingerprint density at radius 1 is 1.44 bits per heavy atom. The highest BCUT2D eigenvalue weighted by Gasteiger charge is 2.35. The minimum atomic E-state index is -0.493. The molecule has 1 N–H and O–H groups in total. The van der Waals surface area contributed by atoms with Crippen LogP contribution in [0.5, 0.6) is 0 Å². The molecule has 0 saturated carbocycles. The molecule has 2 heterocycles. The first-order valence-corrected chi connectivity index (χ1v) is 9.30. The standard InChI is InChI=1S/C18H21BrN2O4/c1-2-3-8-25-18(23)21-7-4-5-15(21)17(22)20-13-10-12-6-9-24-16(12)14(19)11-13/h6,9-11,15H,2-5,7-8H2,1H3,(H,20,22)/t15-/m0/s1. The molecule has 7 heteroatoms.